The van der Waals surface area contributed by atoms with Gasteiger partial charge in [-0.3, -0.25) is 9.69 Å². The summed E-state index contributed by atoms with van der Waals surface area (Å²) < 4.78 is 22.0. The number of fused-ring (bicyclic) bond motifs is 1. The Bertz CT molecular complexity index is 1540. The molecule has 1 fully saturated rings. The van der Waals surface area contributed by atoms with E-state index in [0.717, 1.165) is 16.8 Å². The number of rotatable bonds is 11. The second-order valence-corrected chi connectivity index (χ2v) is 11.9. The van der Waals surface area contributed by atoms with Gasteiger partial charge in [0.1, 0.15) is 24.1 Å². The Kier molecular flexibility index (Phi) is 9.67. The highest BCUT2D eigenvalue weighted by Crippen LogP contribution is 2.30. The summed E-state index contributed by atoms with van der Waals surface area (Å²) in [5.74, 6) is 1.32. The molecule has 13 nitrogen and oxygen atoms in total. The van der Waals surface area contributed by atoms with Crippen LogP contribution in [0.3, 0.4) is 0 Å². The Morgan fingerprint density at radius 3 is 2.78 bits per heavy atom. The van der Waals surface area contributed by atoms with E-state index in [4.69, 9.17) is 18.9 Å². The van der Waals surface area contributed by atoms with Crippen LogP contribution in [-0.2, 0) is 20.8 Å². The van der Waals surface area contributed by atoms with Gasteiger partial charge in [0.25, 0.3) is 5.91 Å². The minimum Gasteiger partial charge on any atom is -0.480 e. The van der Waals surface area contributed by atoms with Gasteiger partial charge in [-0.05, 0) is 70.5 Å². The highest BCUT2D eigenvalue weighted by Gasteiger charge is 2.33. The van der Waals surface area contributed by atoms with Gasteiger partial charge in [-0.1, -0.05) is 24.3 Å². The molecule has 0 bridgehead atoms. The average molecular weight is 619 g/mol. The molecule has 1 saturated heterocycles. The van der Waals surface area contributed by atoms with Gasteiger partial charge in [-0.25, -0.2) is 19.6 Å². The summed E-state index contributed by atoms with van der Waals surface area (Å²) in [6, 6.07) is 16.7. The van der Waals surface area contributed by atoms with Crippen molar-refractivity contribution >= 4 is 29.7 Å². The maximum Gasteiger partial charge on any atom is 0.415 e. The van der Waals surface area contributed by atoms with Crippen molar-refractivity contribution in [1.82, 2.24) is 20.6 Å². The number of pyridine rings is 2. The van der Waals surface area contributed by atoms with Gasteiger partial charge < -0.3 is 34.9 Å². The summed E-state index contributed by atoms with van der Waals surface area (Å²) in [4.78, 5) is 46.6. The molecule has 3 N–H and O–H groups in total. The fourth-order valence-corrected chi connectivity index (χ4v) is 4.72. The number of cyclic esters (lactones) is 1. The van der Waals surface area contributed by atoms with Crippen LogP contribution in [-0.4, -0.2) is 72.1 Å². The summed E-state index contributed by atoms with van der Waals surface area (Å²) in [6.07, 6.45) is -0.646. The second-order valence-electron chi connectivity index (χ2n) is 11.9. The van der Waals surface area contributed by atoms with Crippen LogP contribution in [0.5, 0.6) is 11.6 Å². The van der Waals surface area contributed by atoms with Crippen LogP contribution in [0.25, 0.3) is 11.3 Å². The van der Waals surface area contributed by atoms with E-state index in [9.17, 15) is 14.4 Å². The largest absolute Gasteiger partial charge is 0.480 e. The van der Waals surface area contributed by atoms with E-state index in [1.807, 2.05) is 58.0 Å². The third-order valence-electron chi connectivity index (χ3n) is 6.77. The summed E-state index contributed by atoms with van der Waals surface area (Å²) in [6.45, 7) is 9.06. The van der Waals surface area contributed by atoms with Crippen LogP contribution in [0.2, 0.25) is 0 Å². The molecule has 4 heterocycles. The standard InChI is InChI=1S/C32H38N6O7/c1-20(34-30(40)45-32(2,3)4)18-43-28-10-6-9-24(35-28)22-8-5-7-21(15-22)16-33-14-13-23-17-38(31(41)44-23)26-12-11-25-29(36-26)37-27(39)19-42-25/h5-12,15,20,23,33H,13-14,16-19H2,1-4H3,(H,34,40)(H,36,37,39)/t20-,23+/m1/s1. The number of benzene rings is 1. The average Bonchev–Trinajstić information content (AvgIpc) is 3.37. The van der Waals surface area contributed by atoms with E-state index in [-0.39, 0.29) is 31.3 Å². The lowest BCUT2D eigenvalue weighted by Crippen LogP contribution is -2.40. The zero-order valence-electron chi connectivity index (χ0n) is 25.8. The molecule has 3 aromatic rings. The summed E-state index contributed by atoms with van der Waals surface area (Å²) in [5, 5.41) is 8.83. The summed E-state index contributed by atoms with van der Waals surface area (Å²) in [5.41, 5.74) is 2.21. The van der Waals surface area contributed by atoms with Gasteiger partial charge >= 0.3 is 12.2 Å². The van der Waals surface area contributed by atoms with Crippen molar-refractivity contribution in [3.63, 3.8) is 0 Å². The molecular formula is C32H38N6O7. The molecule has 2 atom stereocenters. The second kappa shape index (κ2) is 13.8. The minimum atomic E-state index is -0.572. The lowest BCUT2D eigenvalue weighted by molar-refractivity contribution is -0.118. The fraction of sp³-hybridized carbons (Fsp3) is 0.406. The van der Waals surface area contributed by atoms with Gasteiger partial charge in [0.05, 0.1) is 18.3 Å². The molecule has 2 aromatic heterocycles. The number of nitrogens with one attached hydrogen (secondary N) is 3. The Morgan fingerprint density at radius 2 is 1.96 bits per heavy atom. The SMILES string of the molecule is C[C@H](COc1cccc(-c2cccc(CNCC[C@H]3CN(c4ccc5c(n4)NC(=O)CO5)C(=O)O3)c2)n1)NC(=O)OC(C)(C)C. The molecule has 13 heteroatoms. The Labute approximate surface area is 261 Å². The van der Waals surface area contributed by atoms with Crippen molar-refractivity contribution in [2.75, 3.05) is 36.5 Å². The molecule has 1 aromatic carbocycles. The van der Waals surface area contributed by atoms with Gasteiger partial charge in [0, 0.05) is 18.2 Å². The maximum atomic E-state index is 12.5. The highest BCUT2D eigenvalue weighted by molar-refractivity contribution is 5.95. The van der Waals surface area contributed by atoms with Crippen molar-refractivity contribution in [1.29, 1.82) is 0 Å². The third kappa shape index (κ3) is 8.82. The first kappa shape index (κ1) is 31.5. The quantitative estimate of drug-likeness (QED) is 0.266. The van der Waals surface area contributed by atoms with E-state index < -0.39 is 17.8 Å². The van der Waals surface area contributed by atoms with E-state index in [0.29, 0.717) is 49.3 Å². The molecule has 238 valence electrons. The van der Waals surface area contributed by atoms with Crippen LogP contribution in [0.15, 0.2) is 54.6 Å². The van der Waals surface area contributed by atoms with Gasteiger partial charge in [0.15, 0.2) is 18.2 Å². The summed E-state index contributed by atoms with van der Waals surface area (Å²) >= 11 is 0. The first-order valence-corrected chi connectivity index (χ1v) is 14.8. The molecule has 0 radical (unpaired) electrons. The highest BCUT2D eigenvalue weighted by atomic mass is 16.6. The predicted octanol–water partition coefficient (Wildman–Crippen LogP) is 4.27. The third-order valence-corrected chi connectivity index (χ3v) is 6.77. The van der Waals surface area contributed by atoms with Crippen LogP contribution in [0.4, 0.5) is 21.2 Å². The van der Waals surface area contributed by atoms with Gasteiger partial charge in [-0.2, -0.15) is 0 Å². The first-order valence-electron chi connectivity index (χ1n) is 14.8. The van der Waals surface area contributed by atoms with E-state index in [1.54, 1.807) is 18.2 Å². The Morgan fingerprint density at radius 1 is 1.13 bits per heavy atom. The molecule has 0 saturated carbocycles. The molecule has 0 spiro atoms. The Balaban J connectivity index is 1.08. The van der Waals surface area contributed by atoms with Crippen molar-refractivity contribution in [2.45, 2.75) is 58.4 Å². The topological polar surface area (TPSA) is 153 Å². The first-order chi connectivity index (χ1) is 21.5. The molecule has 0 aliphatic carbocycles. The number of hydrogen-bond acceptors (Lipinski definition) is 10. The maximum absolute atomic E-state index is 12.5. The molecule has 45 heavy (non-hydrogen) atoms. The molecule has 2 aliphatic heterocycles. The molecule has 5 rings (SSSR count). The van der Waals surface area contributed by atoms with Gasteiger partial charge in [0.2, 0.25) is 5.88 Å². The van der Waals surface area contributed by atoms with E-state index in [2.05, 4.69) is 32.0 Å². The number of alkyl carbamates (subject to hydrolysis) is 1. The van der Waals surface area contributed by atoms with Crippen molar-refractivity contribution in [2.24, 2.45) is 0 Å². The lowest BCUT2D eigenvalue weighted by atomic mass is 10.1. The van der Waals surface area contributed by atoms with Crippen molar-refractivity contribution in [3.8, 4) is 22.9 Å². The summed E-state index contributed by atoms with van der Waals surface area (Å²) in [7, 11) is 0. The van der Waals surface area contributed by atoms with Crippen LogP contribution < -0.4 is 30.3 Å². The Hall–Kier alpha value is -4.91. The van der Waals surface area contributed by atoms with Crippen LogP contribution in [0.1, 0.15) is 39.7 Å². The number of ether oxygens (including phenoxy) is 4. The number of carbonyl (C=O) groups is 3. The molecule has 0 unspecified atom stereocenters. The van der Waals surface area contributed by atoms with Crippen molar-refractivity contribution in [3.05, 3.63) is 60.2 Å². The predicted molar refractivity (Wildman–Crippen MR) is 166 cm³/mol. The number of carbonyl (C=O) groups excluding carboxylic acids is 3. The number of hydrogen-bond donors (Lipinski definition) is 3. The van der Waals surface area contributed by atoms with E-state index >= 15 is 0 Å². The zero-order valence-corrected chi connectivity index (χ0v) is 25.8. The smallest absolute Gasteiger partial charge is 0.415 e. The van der Waals surface area contributed by atoms with Crippen LogP contribution >= 0.6 is 0 Å². The normalized spacial score (nSPS) is 16.6. The minimum absolute atomic E-state index is 0.0599. The van der Waals surface area contributed by atoms with Crippen LogP contribution in [0, 0.1) is 0 Å². The monoisotopic (exact) mass is 618 g/mol. The van der Waals surface area contributed by atoms with Gasteiger partial charge in [-0.15, -0.1) is 0 Å². The number of aromatic nitrogens is 2. The number of amides is 3. The zero-order chi connectivity index (χ0) is 32.0. The molecule has 2 aliphatic rings. The lowest BCUT2D eigenvalue weighted by Gasteiger charge is -2.22. The van der Waals surface area contributed by atoms with E-state index in [1.165, 1.54) is 4.90 Å². The molecular weight excluding hydrogens is 580 g/mol. The number of nitrogens with zero attached hydrogens (tertiary/aromatic N) is 3. The number of anilines is 2. The molecule has 3 amide bonds. The van der Waals surface area contributed by atoms with Crippen molar-refractivity contribution < 1.29 is 33.3 Å². The fourth-order valence-electron chi connectivity index (χ4n) is 4.72.